The number of rotatable bonds is 2. The van der Waals surface area contributed by atoms with E-state index in [1.165, 1.54) is 6.07 Å². The van der Waals surface area contributed by atoms with Crippen LogP contribution in [0.1, 0.15) is 18.4 Å². The van der Waals surface area contributed by atoms with Gasteiger partial charge in [-0.1, -0.05) is 23.7 Å². The van der Waals surface area contributed by atoms with E-state index in [9.17, 15) is 10.1 Å². The molecule has 0 aromatic heterocycles. The molecule has 0 saturated heterocycles. The third kappa shape index (κ3) is 1.36. The number of hydrogen-bond acceptors (Lipinski definition) is 3. The minimum absolute atomic E-state index is 0.0471. The molecular formula is C9H9ClN2O2. The van der Waals surface area contributed by atoms with Gasteiger partial charge in [0.25, 0.3) is 5.69 Å². The summed E-state index contributed by atoms with van der Waals surface area (Å²) in [5, 5.41) is 10.9. The summed E-state index contributed by atoms with van der Waals surface area (Å²) in [6.07, 6.45) is 1.57. The van der Waals surface area contributed by atoms with Crippen molar-refractivity contribution in [3.8, 4) is 0 Å². The minimum Gasteiger partial charge on any atom is -0.321 e. The van der Waals surface area contributed by atoms with Gasteiger partial charge in [0.1, 0.15) is 5.02 Å². The Bertz CT molecular complexity index is 402. The molecule has 1 aliphatic rings. The van der Waals surface area contributed by atoms with Gasteiger partial charge in [0.2, 0.25) is 0 Å². The van der Waals surface area contributed by atoms with Crippen molar-refractivity contribution in [2.24, 2.45) is 5.73 Å². The monoisotopic (exact) mass is 212 g/mol. The first-order chi connectivity index (χ1) is 6.54. The van der Waals surface area contributed by atoms with Crippen LogP contribution >= 0.6 is 11.6 Å². The number of nitrogens with zero attached hydrogens (tertiary/aromatic N) is 1. The number of para-hydroxylation sites is 1. The Morgan fingerprint density at radius 3 is 2.64 bits per heavy atom. The fraction of sp³-hybridized carbons (Fsp3) is 0.333. The molecule has 1 aromatic rings. The topological polar surface area (TPSA) is 69.2 Å². The molecule has 2 N–H and O–H groups in total. The van der Waals surface area contributed by atoms with Crippen LogP contribution < -0.4 is 5.73 Å². The van der Waals surface area contributed by atoms with E-state index in [0.717, 1.165) is 12.8 Å². The van der Waals surface area contributed by atoms with Crippen LogP contribution in [0.5, 0.6) is 0 Å². The third-order valence-electron chi connectivity index (χ3n) is 2.49. The maximum Gasteiger partial charge on any atom is 0.292 e. The van der Waals surface area contributed by atoms with Gasteiger partial charge in [-0.15, -0.1) is 0 Å². The van der Waals surface area contributed by atoms with Gasteiger partial charge in [0.15, 0.2) is 0 Å². The lowest BCUT2D eigenvalue weighted by atomic mass is 10.0. The molecule has 0 spiro atoms. The molecule has 0 atom stereocenters. The SMILES string of the molecule is NC1(c2cccc(Cl)c2[N+](=O)[O-])CC1. The lowest BCUT2D eigenvalue weighted by Gasteiger charge is -2.09. The fourth-order valence-corrected chi connectivity index (χ4v) is 1.75. The molecule has 0 unspecified atom stereocenters. The normalized spacial score (nSPS) is 17.9. The van der Waals surface area contributed by atoms with Gasteiger partial charge in [0, 0.05) is 5.54 Å². The van der Waals surface area contributed by atoms with E-state index in [4.69, 9.17) is 17.3 Å². The van der Waals surface area contributed by atoms with Crippen molar-refractivity contribution in [3.05, 3.63) is 38.9 Å². The molecule has 1 saturated carbocycles. The van der Waals surface area contributed by atoms with E-state index in [2.05, 4.69) is 0 Å². The number of benzene rings is 1. The predicted octanol–water partition coefficient (Wildman–Crippen LogP) is 2.20. The molecule has 1 aliphatic carbocycles. The lowest BCUT2D eigenvalue weighted by Crippen LogP contribution is -2.20. The quantitative estimate of drug-likeness (QED) is 0.604. The minimum atomic E-state index is -0.521. The van der Waals surface area contributed by atoms with E-state index in [1.807, 2.05) is 0 Å². The Hall–Kier alpha value is -1.13. The molecule has 74 valence electrons. The molecule has 1 fully saturated rings. The summed E-state index contributed by atoms with van der Waals surface area (Å²) < 4.78 is 0. The van der Waals surface area contributed by atoms with Crippen LogP contribution in [0.3, 0.4) is 0 Å². The van der Waals surface area contributed by atoms with Gasteiger partial charge in [-0.3, -0.25) is 10.1 Å². The van der Waals surface area contributed by atoms with Crippen molar-refractivity contribution < 1.29 is 4.92 Å². The largest absolute Gasteiger partial charge is 0.321 e. The van der Waals surface area contributed by atoms with Crippen molar-refractivity contribution >= 4 is 17.3 Å². The summed E-state index contributed by atoms with van der Waals surface area (Å²) >= 11 is 5.76. The zero-order valence-electron chi connectivity index (χ0n) is 7.37. The molecule has 0 radical (unpaired) electrons. The van der Waals surface area contributed by atoms with Crippen LogP contribution in [0.15, 0.2) is 18.2 Å². The Kier molecular flexibility index (Phi) is 1.97. The molecule has 0 bridgehead atoms. The highest BCUT2D eigenvalue weighted by Crippen LogP contribution is 2.47. The second-order valence-electron chi connectivity index (χ2n) is 3.55. The zero-order chi connectivity index (χ0) is 10.3. The van der Waals surface area contributed by atoms with Crippen LogP contribution in [0, 0.1) is 10.1 Å². The Morgan fingerprint density at radius 1 is 1.50 bits per heavy atom. The average molecular weight is 213 g/mol. The second-order valence-corrected chi connectivity index (χ2v) is 3.96. The van der Waals surface area contributed by atoms with Crippen LogP contribution in [0.25, 0.3) is 0 Å². The molecule has 4 nitrogen and oxygen atoms in total. The first-order valence-corrected chi connectivity index (χ1v) is 4.65. The first kappa shape index (κ1) is 9.43. The van der Waals surface area contributed by atoms with Gasteiger partial charge in [0.05, 0.1) is 10.5 Å². The Balaban J connectivity index is 2.59. The smallest absolute Gasteiger partial charge is 0.292 e. The standard InChI is InChI=1S/C9H9ClN2O2/c10-7-3-1-2-6(8(7)12(13)14)9(11)4-5-9/h1-3H,4-5,11H2. The van der Waals surface area contributed by atoms with Crippen molar-refractivity contribution in [2.45, 2.75) is 18.4 Å². The maximum absolute atomic E-state index is 10.8. The summed E-state index contributed by atoms with van der Waals surface area (Å²) in [7, 11) is 0. The summed E-state index contributed by atoms with van der Waals surface area (Å²) in [5.74, 6) is 0. The third-order valence-corrected chi connectivity index (χ3v) is 2.80. The summed E-state index contributed by atoms with van der Waals surface area (Å²) in [5.41, 5.74) is 5.90. The molecule has 0 amide bonds. The van der Waals surface area contributed by atoms with E-state index < -0.39 is 10.5 Å². The molecule has 0 aliphatic heterocycles. The molecule has 0 heterocycles. The number of halogens is 1. The van der Waals surface area contributed by atoms with Gasteiger partial charge in [-0.05, 0) is 18.9 Å². The predicted molar refractivity (Wildman–Crippen MR) is 53.2 cm³/mol. The number of nitrogens with two attached hydrogens (primary N) is 1. The van der Waals surface area contributed by atoms with Gasteiger partial charge >= 0.3 is 0 Å². The lowest BCUT2D eigenvalue weighted by molar-refractivity contribution is -0.385. The van der Waals surface area contributed by atoms with E-state index in [-0.39, 0.29) is 10.7 Å². The Labute approximate surface area is 85.8 Å². The maximum atomic E-state index is 10.8. The van der Waals surface area contributed by atoms with E-state index >= 15 is 0 Å². The summed E-state index contributed by atoms with van der Waals surface area (Å²) in [4.78, 5) is 10.3. The van der Waals surface area contributed by atoms with Crippen molar-refractivity contribution in [3.63, 3.8) is 0 Å². The van der Waals surface area contributed by atoms with Gasteiger partial charge < -0.3 is 5.73 Å². The molecular weight excluding hydrogens is 204 g/mol. The average Bonchev–Trinajstić information content (AvgIpc) is 2.84. The highest BCUT2D eigenvalue weighted by molar-refractivity contribution is 6.32. The van der Waals surface area contributed by atoms with Crippen LogP contribution in [0.4, 0.5) is 5.69 Å². The highest BCUT2D eigenvalue weighted by atomic mass is 35.5. The summed E-state index contributed by atoms with van der Waals surface area (Å²) in [6.45, 7) is 0. The summed E-state index contributed by atoms with van der Waals surface area (Å²) in [6, 6.07) is 4.88. The number of nitro groups is 1. The number of nitro benzene ring substituents is 1. The number of hydrogen-bond donors (Lipinski definition) is 1. The van der Waals surface area contributed by atoms with Gasteiger partial charge in [-0.2, -0.15) is 0 Å². The molecule has 5 heteroatoms. The van der Waals surface area contributed by atoms with Crippen molar-refractivity contribution in [1.29, 1.82) is 0 Å². The Morgan fingerprint density at radius 2 is 2.14 bits per heavy atom. The highest BCUT2D eigenvalue weighted by Gasteiger charge is 2.45. The van der Waals surface area contributed by atoms with Crippen molar-refractivity contribution in [1.82, 2.24) is 0 Å². The van der Waals surface area contributed by atoms with E-state index in [1.54, 1.807) is 12.1 Å². The fourth-order valence-electron chi connectivity index (χ4n) is 1.51. The van der Waals surface area contributed by atoms with Crippen LogP contribution in [-0.2, 0) is 5.54 Å². The van der Waals surface area contributed by atoms with E-state index in [0.29, 0.717) is 5.56 Å². The van der Waals surface area contributed by atoms with Crippen LogP contribution in [0.2, 0.25) is 5.02 Å². The molecule has 2 rings (SSSR count). The first-order valence-electron chi connectivity index (χ1n) is 4.27. The molecule has 1 aromatic carbocycles. The second kappa shape index (κ2) is 2.93. The van der Waals surface area contributed by atoms with Crippen molar-refractivity contribution in [2.75, 3.05) is 0 Å². The van der Waals surface area contributed by atoms with Gasteiger partial charge in [-0.25, -0.2) is 0 Å². The molecule has 14 heavy (non-hydrogen) atoms. The zero-order valence-corrected chi connectivity index (χ0v) is 8.12. The van der Waals surface area contributed by atoms with Crippen LogP contribution in [-0.4, -0.2) is 4.92 Å².